The summed E-state index contributed by atoms with van der Waals surface area (Å²) in [7, 11) is 0. The minimum absolute atomic E-state index is 0.436. The van der Waals surface area contributed by atoms with Crippen molar-refractivity contribution < 1.29 is 0 Å². The summed E-state index contributed by atoms with van der Waals surface area (Å²) >= 11 is 5.08. The van der Waals surface area contributed by atoms with E-state index >= 15 is 0 Å². The van der Waals surface area contributed by atoms with Crippen LogP contribution in [0.25, 0.3) is 0 Å². The van der Waals surface area contributed by atoms with E-state index < -0.39 is 0 Å². The third kappa shape index (κ3) is 4.89. The number of nitrogens with zero attached hydrogens (tertiary/aromatic N) is 1. The Morgan fingerprint density at radius 2 is 2.05 bits per heavy atom. The van der Waals surface area contributed by atoms with Crippen LogP contribution in [-0.4, -0.2) is 6.04 Å². The summed E-state index contributed by atoms with van der Waals surface area (Å²) in [6, 6.07) is 16.9. The molecule has 2 nitrogen and oxygen atoms in total. The standard InChI is InChI=1S/C17H17BrN2S/c1-12(2)20-11-13-6-7-17(14(8-13)10-19)21-16-5-3-4-15(18)9-16/h3-9,12,20H,11H2,1-2H3. The van der Waals surface area contributed by atoms with Crippen LogP contribution in [0.2, 0.25) is 0 Å². The third-order valence-electron chi connectivity index (χ3n) is 2.90. The highest BCUT2D eigenvalue weighted by atomic mass is 79.9. The average molecular weight is 361 g/mol. The van der Waals surface area contributed by atoms with Crippen LogP contribution in [0, 0.1) is 11.3 Å². The van der Waals surface area contributed by atoms with Gasteiger partial charge in [0.2, 0.25) is 0 Å². The highest BCUT2D eigenvalue weighted by molar-refractivity contribution is 9.10. The van der Waals surface area contributed by atoms with Gasteiger partial charge >= 0.3 is 0 Å². The van der Waals surface area contributed by atoms with Gasteiger partial charge in [-0.05, 0) is 35.9 Å². The summed E-state index contributed by atoms with van der Waals surface area (Å²) in [5.74, 6) is 0. The molecule has 2 aromatic rings. The van der Waals surface area contributed by atoms with Gasteiger partial charge in [0, 0.05) is 26.9 Å². The first-order valence-corrected chi connectivity index (χ1v) is 8.39. The lowest BCUT2D eigenvalue weighted by Crippen LogP contribution is -2.21. The number of rotatable bonds is 5. The van der Waals surface area contributed by atoms with E-state index in [1.165, 1.54) is 0 Å². The summed E-state index contributed by atoms with van der Waals surface area (Å²) in [5, 5.41) is 12.7. The van der Waals surface area contributed by atoms with E-state index in [2.05, 4.69) is 53.3 Å². The molecule has 0 bridgehead atoms. The molecule has 21 heavy (non-hydrogen) atoms. The van der Waals surface area contributed by atoms with E-state index in [0.717, 1.165) is 31.9 Å². The van der Waals surface area contributed by atoms with Gasteiger partial charge in [-0.25, -0.2) is 0 Å². The van der Waals surface area contributed by atoms with Crippen molar-refractivity contribution in [1.29, 1.82) is 5.26 Å². The SMILES string of the molecule is CC(C)NCc1ccc(Sc2cccc(Br)c2)c(C#N)c1. The molecular formula is C17H17BrN2S. The van der Waals surface area contributed by atoms with Gasteiger partial charge in [-0.15, -0.1) is 0 Å². The average Bonchev–Trinajstić information content (AvgIpc) is 2.46. The van der Waals surface area contributed by atoms with Crippen LogP contribution in [-0.2, 0) is 6.54 Å². The van der Waals surface area contributed by atoms with Crippen molar-refractivity contribution in [2.45, 2.75) is 36.2 Å². The van der Waals surface area contributed by atoms with Crippen molar-refractivity contribution in [3.8, 4) is 6.07 Å². The number of nitrogens with one attached hydrogen (secondary N) is 1. The first-order chi connectivity index (χ1) is 10.1. The van der Waals surface area contributed by atoms with Crippen LogP contribution < -0.4 is 5.32 Å². The van der Waals surface area contributed by atoms with Gasteiger partial charge in [0.1, 0.15) is 6.07 Å². The Balaban J connectivity index is 2.18. The zero-order valence-electron chi connectivity index (χ0n) is 12.1. The Morgan fingerprint density at radius 3 is 2.71 bits per heavy atom. The molecule has 0 radical (unpaired) electrons. The van der Waals surface area contributed by atoms with Crippen LogP contribution in [0.5, 0.6) is 0 Å². The first-order valence-electron chi connectivity index (χ1n) is 6.78. The van der Waals surface area contributed by atoms with Crippen molar-refractivity contribution in [2.24, 2.45) is 0 Å². The van der Waals surface area contributed by atoms with Gasteiger partial charge < -0.3 is 5.32 Å². The minimum atomic E-state index is 0.436. The second kappa shape index (κ2) is 7.65. The second-order valence-corrected chi connectivity index (χ2v) is 7.07. The van der Waals surface area contributed by atoms with Gasteiger partial charge in [0.05, 0.1) is 5.56 Å². The summed E-state index contributed by atoms with van der Waals surface area (Å²) in [5.41, 5.74) is 1.86. The lowest BCUT2D eigenvalue weighted by atomic mass is 10.1. The fourth-order valence-corrected chi connectivity index (χ4v) is 3.33. The van der Waals surface area contributed by atoms with E-state index in [1.54, 1.807) is 11.8 Å². The topological polar surface area (TPSA) is 35.8 Å². The predicted molar refractivity (Wildman–Crippen MR) is 91.4 cm³/mol. The number of hydrogen-bond acceptors (Lipinski definition) is 3. The number of benzene rings is 2. The fourth-order valence-electron chi connectivity index (χ4n) is 1.84. The quantitative estimate of drug-likeness (QED) is 0.817. The maximum atomic E-state index is 9.36. The normalized spacial score (nSPS) is 10.6. The Labute approximate surface area is 138 Å². The van der Waals surface area contributed by atoms with Crippen molar-refractivity contribution in [3.63, 3.8) is 0 Å². The highest BCUT2D eigenvalue weighted by Crippen LogP contribution is 2.32. The lowest BCUT2D eigenvalue weighted by Gasteiger charge is -2.10. The van der Waals surface area contributed by atoms with Crippen molar-refractivity contribution in [3.05, 3.63) is 58.1 Å². The van der Waals surface area contributed by atoms with Crippen LogP contribution in [0.3, 0.4) is 0 Å². The molecule has 2 rings (SSSR count). The van der Waals surface area contributed by atoms with E-state index in [-0.39, 0.29) is 0 Å². The molecule has 0 heterocycles. The van der Waals surface area contributed by atoms with Gasteiger partial charge in [-0.2, -0.15) is 5.26 Å². The van der Waals surface area contributed by atoms with Crippen molar-refractivity contribution in [2.75, 3.05) is 0 Å². The molecule has 0 saturated heterocycles. The van der Waals surface area contributed by atoms with Gasteiger partial charge in [0.25, 0.3) is 0 Å². The molecule has 0 fully saturated rings. The molecule has 0 aliphatic heterocycles. The summed E-state index contributed by atoms with van der Waals surface area (Å²) in [6.45, 7) is 5.01. The van der Waals surface area contributed by atoms with E-state index in [0.29, 0.717) is 6.04 Å². The molecule has 0 saturated carbocycles. The largest absolute Gasteiger partial charge is 0.310 e. The maximum Gasteiger partial charge on any atom is 0.100 e. The molecule has 0 aliphatic carbocycles. The fraction of sp³-hybridized carbons (Fsp3) is 0.235. The molecule has 1 N–H and O–H groups in total. The zero-order valence-corrected chi connectivity index (χ0v) is 14.5. The van der Waals surface area contributed by atoms with Gasteiger partial charge in [0.15, 0.2) is 0 Å². The van der Waals surface area contributed by atoms with Crippen molar-refractivity contribution >= 4 is 27.7 Å². The molecule has 0 unspecified atom stereocenters. The summed E-state index contributed by atoms with van der Waals surface area (Å²) in [6.07, 6.45) is 0. The Bertz CT molecular complexity index is 662. The molecule has 0 atom stereocenters. The summed E-state index contributed by atoms with van der Waals surface area (Å²) in [4.78, 5) is 2.11. The first kappa shape index (κ1) is 16.1. The van der Waals surface area contributed by atoms with Crippen LogP contribution >= 0.6 is 27.7 Å². The van der Waals surface area contributed by atoms with E-state index in [9.17, 15) is 5.26 Å². The van der Waals surface area contributed by atoms with Gasteiger partial charge in [-0.3, -0.25) is 0 Å². The third-order valence-corrected chi connectivity index (χ3v) is 4.46. The monoisotopic (exact) mass is 360 g/mol. The molecule has 0 spiro atoms. The Hall–Kier alpha value is -1.28. The molecule has 108 valence electrons. The summed E-state index contributed by atoms with van der Waals surface area (Å²) < 4.78 is 1.05. The zero-order chi connectivity index (χ0) is 15.2. The van der Waals surface area contributed by atoms with Crippen molar-refractivity contribution in [1.82, 2.24) is 5.32 Å². The minimum Gasteiger partial charge on any atom is -0.310 e. The molecule has 0 amide bonds. The predicted octanol–water partition coefficient (Wildman–Crippen LogP) is 4.97. The van der Waals surface area contributed by atoms with E-state index in [1.807, 2.05) is 30.3 Å². The Morgan fingerprint density at radius 1 is 1.24 bits per heavy atom. The number of nitriles is 1. The molecule has 0 aliphatic rings. The van der Waals surface area contributed by atoms with Gasteiger partial charge in [-0.1, -0.05) is 53.7 Å². The molecule has 2 aromatic carbocycles. The second-order valence-electron chi connectivity index (χ2n) is 5.04. The maximum absolute atomic E-state index is 9.36. The number of halogens is 1. The van der Waals surface area contributed by atoms with Crippen LogP contribution in [0.15, 0.2) is 56.7 Å². The Kier molecular flexibility index (Phi) is 5.86. The molecule has 0 aromatic heterocycles. The highest BCUT2D eigenvalue weighted by Gasteiger charge is 2.06. The lowest BCUT2D eigenvalue weighted by molar-refractivity contribution is 0.588. The molecular weight excluding hydrogens is 344 g/mol. The molecule has 4 heteroatoms. The van der Waals surface area contributed by atoms with Crippen LogP contribution in [0.1, 0.15) is 25.0 Å². The van der Waals surface area contributed by atoms with E-state index in [4.69, 9.17) is 0 Å². The number of hydrogen-bond donors (Lipinski definition) is 1. The van der Waals surface area contributed by atoms with Crippen LogP contribution in [0.4, 0.5) is 0 Å². The smallest absolute Gasteiger partial charge is 0.100 e.